The minimum Gasteiger partial charge on any atom is -0.394 e. The van der Waals surface area contributed by atoms with Crippen LogP contribution in [-0.2, 0) is 13.6 Å². The Balaban J connectivity index is 2.69. The predicted octanol–water partition coefficient (Wildman–Crippen LogP) is -1.41. The van der Waals surface area contributed by atoms with Gasteiger partial charge in [-0.05, 0) is 6.07 Å². The molecule has 7 nitrogen and oxygen atoms in total. The van der Waals surface area contributed by atoms with Crippen molar-refractivity contribution in [1.29, 1.82) is 0 Å². The molecule has 19 heavy (non-hydrogen) atoms. The van der Waals surface area contributed by atoms with Gasteiger partial charge in [-0.25, -0.2) is 9.37 Å². The highest BCUT2D eigenvalue weighted by Gasteiger charge is 2.13. The fourth-order valence-electron chi connectivity index (χ4n) is 1.75. The smallest absolute Gasteiger partial charge is 0.287 e. The highest BCUT2D eigenvalue weighted by molar-refractivity contribution is 5.73. The summed E-state index contributed by atoms with van der Waals surface area (Å²) in [5.41, 5.74) is -1.40. The van der Waals surface area contributed by atoms with Crippen molar-refractivity contribution >= 4 is 11.0 Å². The first kappa shape index (κ1) is 13.4. The van der Waals surface area contributed by atoms with Crippen molar-refractivity contribution in [2.75, 3.05) is 6.61 Å². The summed E-state index contributed by atoms with van der Waals surface area (Å²) in [5, 5.41) is 18.0. The molecular weight excluding hydrogens is 257 g/mol. The maximum atomic E-state index is 13.4. The first-order chi connectivity index (χ1) is 8.95. The second-order valence-electron chi connectivity index (χ2n) is 4.13. The van der Waals surface area contributed by atoms with Crippen molar-refractivity contribution in [2.24, 2.45) is 7.05 Å². The van der Waals surface area contributed by atoms with Crippen LogP contribution in [0.5, 0.6) is 0 Å². The molecule has 1 unspecified atom stereocenters. The topological polar surface area (TPSA) is 97.4 Å². The van der Waals surface area contributed by atoms with Crippen LogP contribution >= 0.6 is 0 Å². The molecule has 2 rings (SSSR count). The Morgan fingerprint density at radius 2 is 2.11 bits per heavy atom. The van der Waals surface area contributed by atoms with Gasteiger partial charge in [0.1, 0.15) is 5.65 Å². The van der Waals surface area contributed by atoms with E-state index in [2.05, 4.69) is 4.98 Å². The maximum absolute atomic E-state index is 13.4. The third kappa shape index (κ3) is 2.27. The van der Waals surface area contributed by atoms with Crippen molar-refractivity contribution < 1.29 is 14.6 Å². The lowest BCUT2D eigenvalue weighted by Crippen LogP contribution is -2.31. The molecule has 0 amide bonds. The van der Waals surface area contributed by atoms with E-state index in [1.54, 1.807) is 0 Å². The number of hydrogen-bond donors (Lipinski definition) is 2. The quantitative estimate of drug-likeness (QED) is 0.713. The fraction of sp³-hybridized carbons (Fsp3) is 0.364. The van der Waals surface area contributed by atoms with Crippen LogP contribution in [-0.4, -0.2) is 37.0 Å². The van der Waals surface area contributed by atoms with Crippen LogP contribution in [0.3, 0.4) is 0 Å². The number of aromatic nitrogens is 3. The van der Waals surface area contributed by atoms with Crippen molar-refractivity contribution in [1.82, 2.24) is 14.1 Å². The van der Waals surface area contributed by atoms with E-state index in [1.165, 1.54) is 7.05 Å². The molecule has 8 heteroatoms. The summed E-state index contributed by atoms with van der Waals surface area (Å²) in [6, 6.07) is 0.828. The Morgan fingerprint density at radius 1 is 1.42 bits per heavy atom. The lowest BCUT2D eigenvalue weighted by molar-refractivity contribution is 0.0802. The second-order valence-corrected chi connectivity index (χ2v) is 4.13. The number of nitrogens with zero attached hydrogens (tertiary/aromatic N) is 3. The number of aryl methyl sites for hydroxylation is 1. The third-order valence-corrected chi connectivity index (χ3v) is 2.77. The molecule has 2 N–H and O–H groups in total. The van der Waals surface area contributed by atoms with E-state index in [0.717, 1.165) is 21.5 Å². The Morgan fingerprint density at radius 3 is 2.74 bits per heavy atom. The molecule has 0 fully saturated rings. The zero-order chi connectivity index (χ0) is 14.2. The second kappa shape index (κ2) is 4.90. The van der Waals surface area contributed by atoms with E-state index in [4.69, 9.17) is 5.11 Å². The van der Waals surface area contributed by atoms with E-state index < -0.39 is 29.6 Å². The zero-order valence-electron chi connectivity index (χ0n) is 10.1. The van der Waals surface area contributed by atoms with Gasteiger partial charge in [0.15, 0.2) is 5.82 Å². The molecule has 0 aromatic carbocycles. The molecule has 0 aliphatic carbocycles. The van der Waals surface area contributed by atoms with Gasteiger partial charge in [0.05, 0.1) is 31.0 Å². The van der Waals surface area contributed by atoms with Crippen LogP contribution in [0.15, 0.2) is 22.0 Å². The normalized spacial score (nSPS) is 12.8. The summed E-state index contributed by atoms with van der Waals surface area (Å²) in [5.74, 6) is -1.05. The first-order valence-corrected chi connectivity index (χ1v) is 5.49. The van der Waals surface area contributed by atoms with Crippen LogP contribution in [0.1, 0.15) is 0 Å². The Hall–Kier alpha value is -2.06. The molecule has 0 spiro atoms. The van der Waals surface area contributed by atoms with Crippen molar-refractivity contribution in [3.8, 4) is 0 Å². The van der Waals surface area contributed by atoms with Gasteiger partial charge in [0, 0.05) is 7.05 Å². The fourth-order valence-corrected chi connectivity index (χ4v) is 1.75. The number of pyridine rings is 1. The molecule has 2 aromatic rings. The number of aliphatic hydroxyl groups excluding tert-OH is 2. The standard InChI is InChI=1S/C11H12FN3O4/c1-14-9-7(2-8(12)11(14)19)10(18)15(5-13-9)3-6(17)4-16/h2,5-6,16-17H,3-4H2,1H3. The van der Waals surface area contributed by atoms with E-state index in [9.17, 15) is 19.1 Å². The molecule has 102 valence electrons. The van der Waals surface area contributed by atoms with Gasteiger partial charge in [-0.2, -0.15) is 0 Å². The molecule has 0 radical (unpaired) electrons. The van der Waals surface area contributed by atoms with Crippen LogP contribution in [0, 0.1) is 5.82 Å². The molecule has 0 bridgehead atoms. The molecular formula is C11H12FN3O4. The van der Waals surface area contributed by atoms with Gasteiger partial charge in [-0.15, -0.1) is 0 Å². The molecule has 0 saturated heterocycles. The summed E-state index contributed by atoms with van der Waals surface area (Å²) in [6.45, 7) is -0.672. The van der Waals surface area contributed by atoms with E-state index >= 15 is 0 Å². The van der Waals surface area contributed by atoms with E-state index in [-0.39, 0.29) is 17.6 Å². The van der Waals surface area contributed by atoms with Gasteiger partial charge >= 0.3 is 0 Å². The minimum absolute atomic E-state index is 0.0612. The van der Waals surface area contributed by atoms with Crippen LogP contribution in [0.25, 0.3) is 11.0 Å². The van der Waals surface area contributed by atoms with E-state index in [1.807, 2.05) is 0 Å². The van der Waals surface area contributed by atoms with Crippen molar-refractivity contribution in [3.05, 3.63) is 38.9 Å². The number of halogens is 1. The highest BCUT2D eigenvalue weighted by Crippen LogP contribution is 2.04. The van der Waals surface area contributed by atoms with E-state index in [0.29, 0.717) is 0 Å². The highest BCUT2D eigenvalue weighted by atomic mass is 19.1. The Bertz CT molecular complexity index is 737. The number of rotatable bonds is 3. The monoisotopic (exact) mass is 269 g/mol. The summed E-state index contributed by atoms with van der Waals surface area (Å²) < 4.78 is 15.3. The molecule has 2 aromatic heterocycles. The first-order valence-electron chi connectivity index (χ1n) is 5.49. The van der Waals surface area contributed by atoms with Gasteiger partial charge in [0.2, 0.25) is 0 Å². The molecule has 0 saturated carbocycles. The van der Waals surface area contributed by atoms with Gasteiger partial charge in [-0.3, -0.25) is 18.7 Å². The number of hydrogen-bond acceptors (Lipinski definition) is 5. The SMILES string of the molecule is Cn1c(=O)c(F)cc2c(=O)n(CC(O)CO)cnc21. The average molecular weight is 269 g/mol. The molecule has 0 aliphatic rings. The third-order valence-electron chi connectivity index (χ3n) is 2.77. The summed E-state index contributed by atoms with van der Waals surface area (Å²) in [4.78, 5) is 27.3. The Kier molecular flexibility index (Phi) is 3.45. The molecule has 1 atom stereocenters. The van der Waals surface area contributed by atoms with Crippen molar-refractivity contribution in [3.63, 3.8) is 0 Å². The van der Waals surface area contributed by atoms with Crippen LogP contribution in [0.2, 0.25) is 0 Å². The average Bonchev–Trinajstić information content (AvgIpc) is 2.40. The van der Waals surface area contributed by atoms with Gasteiger partial charge < -0.3 is 10.2 Å². The summed E-state index contributed by atoms with van der Waals surface area (Å²) in [7, 11) is 1.31. The van der Waals surface area contributed by atoms with Crippen LogP contribution < -0.4 is 11.1 Å². The lowest BCUT2D eigenvalue weighted by Gasteiger charge is -2.11. The summed E-state index contributed by atoms with van der Waals surface area (Å²) >= 11 is 0. The zero-order valence-corrected chi connectivity index (χ0v) is 10.1. The predicted molar refractivity (Wildman–Crippen MR) is 64.3 cm³/mol. The number of aliphatic hydroxyl groups is 2. The van der Waals surface area contributed by atoms with Gasteiger partial charge in [0.25, 0.3) is 11.1 Å². The van der Waals surface area contributed by atoms with Gasteiger partial charge in [-0.1, -0.05) is 0 Å². The Labute approximate surface area is 106 Å². The largest absolute Gasteiger partial charge is 0.394 e. The minimum atomic E-state index is -1.12. The summed E-state index contributed by atoms with van der Waals surface area (Å²) in [6.07, 6.45) is 0.0234. The lowest BCUT2D eigenvalue weighted by atomic mass is 10.3. The van der Waals surface area contributed by atoms with Crippen molar-refractivity contribution in [2.45, 2.75) is 12.6 Å². The van der Waals surface area contributed by atoms with Crippen LogP contribution in [0.4, 0.5) is 4.39 Å². The maximum Gasteiger partial charge on any atom is 0.287 e. The number of fused-ring (bicyclic) bond motifs is 1. The molecule has 2 heterocycles. The molecule has 0 aliphatic heterocycles.